The standard InChI is InChI=1S/C15H16BrF2NOS/c1-9-5-11(6-10(2)14(9)16)19-7-12-3-4-13(20-12)8-21-15(17)18/h3-6,15,19H,7-8H2,1-2H3. The summed E-state index contributed by atoms with van der Waals surface area (Å²) >= 11 is 4.10. The largest absolute Gasteiger partial charge is 0.463 e. The Bertz CT molecular complexity index is 592. The number of nitrogens with one attached hydrogen (secondary N) is 1. The number of alkyl halides is 2. The van der Waals surface area contributed by atoms with Gasteiger partial charge >= 0.3 is 0 Å². The van der Waals surface area contributed by atoms with Crippen LogP contribution in [0.15, 0.2) is 33.2 Å². The van der Waals surface area contributed by atoms with Crippen LogP contribution in [0.2, 0.25) is 0 Å². The van der Waals surface area contributed by atoms with Crippen LogP contribution >= 0.6 is 27.7 Å². The van der Waals surface area contributed by atoms with Gasteiger partial charge in [-0.1, -0.05) is 27.7 Å². The van der Waals surface area contributed by atoms with E-state index in [1.165, 1.54) is 0 Å². The molecular formula is C15H16BrF2NOS. The van der Waals surface area contributed by atoms with Gasteiger partial charge < -0.3 is 9.73 Å². The van der Waals surface area contributed by atoms with Crippen molar-refractivity contribution in [3.05, 3.63) is 51.4 Å². The lowest BCUT2D eigenvalue weighted by Crippen LogP contribution is -1.99. The van der Waals surface area contributed by atoms with E-state index in [9.17, 15) is 8.78 Å². The highest BCUT2D eigenvalue weighted by molar-refractivity contribution is 9.10. The molecule has 0 aliphatic rings. The molecule has 0 unspecified atom stereocenters. The van der Waals surface area contributed by atoms with Crippen LogP contribution in [0.25, 0.3) is 0 Å². The minimum Gasteiger partial charge on any atom is -0.463 e. The van der Waals surface area contributed by atoms with E-state index in [0.29, 0.717) is 24.1 Å². The van der Waals surface area contributed by atoms with Crippen LogP contribution in [-0.2, 0) is 12.3 Å². The molecule has 0 saturated carbocycles. The molecule has 0 saturated heterocycles. The zero-order valence-electron chi connectivity index (χ0n) is 11.8. The van der Waals surface area contributed by atoms with Crippen molar-refractivity contribution in [2.75, 3.05) is 5.32 Å². The molecule has 2 nitrogen and oxygen atoms in total. The number of furan rings is 1. The lowest BCUT2D eigenvalue weighted by Gasteiger charge is -2.09. The highest BCUT2D eigenvalue weighted by atomic mass is 79.9. The highest BCUT2D eigenvalue weighted by Gasteiger charge is 2.08. The second-order valence-corrected chi connectivity index (χ2v) is 6.49. The molecule has 0 aliphatic carbocycles. The second kappa shape index (κ2) is 7.31. The summed E-state index contributed by atoms with van der Waals surface area (Å²) in [6, 6.07) is 7.65. The third kappa shape index (κ3) is 4.74. The molecule has 1 aromatic heterocycles. The van der Waals surface area contributed by atoms with Crippen molar-refractivity contribution in [3.63, 3.8) is 0 Å². The van der Waals surface area contributed by atoms with E-state index in [1.807, 2.05) is 32.0 Å². The van der Waals surface area contributed by atoms with Gasteiger partial charge in [-0.15, -0.1) is 0 Å². The summed E-state index contributed by atoms with van der Waals surface area (Å²) in [5.74, 6) is -0.877. The summed E-state index contributed by atoms with van der Waals surface area (Å²) in [5.41, 5.74) is 3.32. The zero-order valence-corrected chi connectivity index (χ0v) is 14.2. The molecule has 1 N–H and O–H groups in total. The number of hydrogen-bond acceptors (Lipinski definition) is 3. The number of halogens is 3. The van der Waals surface area contributed by atoms with E-state index in [0.717, 1.165) is 27.0 Å². The Balaban J connectivity index is 1.94. The first-order valence-corrected chi connectivity index (χ1v) is 8.28. The topological polar surface area (TPSA) is 25.2 Å². The van der Waals surface area contributed by atoms with Crippen LogP contribution in [0.5, 0.6) is 0 Å². The van der Waals surface area contributed by atoms with E-state index in [-0.39, 0.29) is 5.75 Å². The molecule has 0 spiro atoms. The third-order valence-corrected chi connectivity index (χ3v) is 4.93. The maximum atomic E-state index is 12.1. The summed E-state index contributed by atoms with van der Waals surface area (Å²) in [6.07, 6.45) is 0. The van der Waals surface area contributed by atoms with Gasteiger partial charge in [0.2, 0.25) is 0 Å². The van der Waals surface area contributed by atoms with Gasteiger partial charge in [-0.2, -0.15) is 8.78 Å². The molecule has 0 radical (unpaired) electrons. The molecular weight excluding hydrogens is 360 g/mol. The van der Waals surface area contributed by atoms with Crippen LogP contribution < -0.4 is 5.32 Å². The minimum absolute atomic E-state index is 0.189. The molecule has 0 atom stereocenters. The molecule has 0 bridgehead atoms. The Labute approximate surface area is 135 Å². The molecule has 1 aromatic carbocycles. The van der Waals surface area contributed by atoms with Crippen molar-refractivity contribution < 1.29 is 13.2 Å². The number of anilines is 1. The van der Waals surface area contributed by atoms with Gasteiger partial charge in [0.1, 0.15) is 11.5 Å². The van der Waals surface area contributed by atoms with Gasteiger partial charge in [0.15, 0.2) is 0 Å². The number of aryl methyl sites for hydroxylation is 2. The molecule has 2 aromatic rings. The van der Waals surface area contributed by atoms with Crippen LogP contribution in [0, 0.1) is 13.8 Å². The van der Waals surface area contributed by atoms with Gasteiger partial charge in [-0.3, -0.25) is 0 Å². The second-order valence-electron chi connectivity index (χ2n) is 4.72. The summed E-state index contributed by atoms with van der Waals surface area (Å²) in [7, 11) is 0. The molecule has 21 heavy (non-hydrogen) atoms. The first-order chi connectivity index (χ1) is 9.95. The summed E-state index contributed by atoms with van der Waals surface area (Å²) in [6.45, 7) is 4.60. The quantitative estimate of drug-likeness (QED) is 0.697. The normalized spacial score (nSPS) is 11.1. The lowest BCUT2D eigenvalue weighted by molar-refractivity contribution is 0.251. The van der Waals surface area contributed by atoms with Gasteiger partial charge in [0.25, 0.3) is 5.76 Å². The Hall–Kier alpha value is -1.01. The van der Waals surface area contributed by atoms with E-state index >= 15 is 0 Å². The lowest BCUT2D eigenvalue weighted by atomic mass is 10.1. The van der Waals surface area contributed by atoms with Crippen molar-refractivity contribution in [3.8, 4) is 0 Å². The maximum absolute atomic E-state index is 12.1. The Morgan fingerprint density at radius 3 is 2.43 bits per heavy atom. The maximum Gasteiger partial charge on any atom is 0.284 e. The van der Waals surface area contributed by atoms with Crippen LogP contribution in [0.1, 0.15) is 22.6 Å². The van der Waals surface area contributed by atoms with Crippen LogP contribution in [0.4, 0.5) is 14.5 Å². The first-order valence-electron chi connectivity index (χ1n) is 6.43. The number of benzene rings is 1. The van der Waals surface area contributed by atoms with Gasteiger partial charge in [0, 0.05) is 10.2 Å². The summed E-state index contributed by atoms with van der Waals surface area (Å²) < 4.78 is 30.8. The molecule has 0 amide bonds. The first kappa shape index (κ1) is 16.4. The predicted octanol–water partition coefficient (Wildman–Crippen LogP) is 5.73. The van der Waals surface area contributed by atoms with E-state index in [1.54, 1.807) is 6.07 Å². The molecule has 0 fully saturated rings. The van der Waals surface area contributed by atoms with Crippen molar-refractivity contribution >= 4 is 33.4 Å². The van der Waals surface area contributed by atoms with E-state index in [2.05, 4.69) is 21.2 Å². The van der Waals surface area contributed by atoms with E-state index < -0.39 is 5.76 Å². The van der Waals surface area contributed by atoms with Crippen molar-refractivity contribution in [2.45, 2.75) is 31.9 Å². The average Bonchev–Trinajstić information content (AvgIpc) is 2.88. The Morgan fingerprint density at radius 2 is 1.81 bits per heavy atom. The summed E-state index contributed by atoms with van der Waals surface area (Å²) in [4.78, 5) is 0. The van der Waals surface area contributed by atoms with Gasteiger partial charge in [-0.25, -0.2) is 0 Å². The van der Waals surface area contributed by atoms with Crippen LogP contribution in [0.3, 0.4) is 0 Å². The van der Waals surface area contributed by atoms with Gasteiger partial charge in [-0.05, 0) is 49.2 Å². The number of rotatable bonds is 6. The Kier molecular flexibility index (Phi) is 5.70. The fraction of sp³-hybridized carbons (Fsp3) is 0.333. The Morgan fingerprint density at radius 1 is 1.19 bits per heavy atom. The van der Waals surface area contributed by atoms with E-state index in [4.69, 9.17) is 4.42 Å². The van der Waals surface area contributed by atoms with Gasteiger partial charge in [0.05, 0.1) is 12.3 Å². The molecule has 1 heterocycles. The highest BCUT2D eigenvalue weighted by Crippen LogP contribution is 2.26. The molecule has 0 aliphatic heterocycles. The van der Waals surface area contributed by atoms with Crippen molar-refractivity contribution in [2.24, 2.45) is 0 Å². The molecule has 114 valence electrons. The zero-order chi connectivity index (χ0) is 15.4. The fourth-order valence-corrected chi connectivity index (χ4v) is 2.65. The van der Waals surface area contributed by atoms with Crippen LogP contribution in [-0.4, -0.2) is 5.76 Å². The third-order valence-electron chi connectivity index (χ3n) is 2.97. The number of thioether (sulfide) groups is 1. The molecule has 6 heteroatoms. The van der Waals surface area contributed by atoms with Crippen molar-refractivity contribution in [1.82, 2.24) is 0 Å². The predicted molar refractivity (Wildman–Crippen MR) is 86.9 cm³/mol. The fourth-order valence-electron chi connectivity index (χ4n) is 1.98. The smallest absolute Gasteiger partial charge is 0.284 e. The average molecular weight is 376 g/mol. The molecule has 2 rings (SSSR count). The number of hydrogen-bond donors (Lipinski definition) is 1. The SMILES string of the molecule is Cc1cc(NCc2ccc(CSC(F)F)o2)cc(C)c1Br. The monoisotopic (exact) mass is 375 g/mol. The summed E-state index contributed by atoms with van der Waals surface area (Å²) in [5, 5.41) is 3.28. The van der Waals surface area contributed by atoms with Crippen molar-refractivity contribution in [1.29, 1.82) is 0 Å². The minimum atomic E-state index is -2.37.